The molecule has 9 nitrogen and oxygen atoms in total. The van der Waals surface area contributed by atoms with Crippen LogP contribution in [-0.4, -0.2) is 62.4 Å². The van der Waals surface area contributed by atoms with E-state index in [4.69, 9.17) is 5.41 Å². The van der Waals surface area contributed by atoms with Gasteiger partial charge in [0.2, 0.25) is 16.9 Å². The number of anilines is 1. The van der Waals surface area contributed by atoms with Crippen molar-refractivity contribution >= 4 is 33.2 Å². The Morgan fingerprint density at radius 1 is 1.38 bits per heavy atom. The molecule has 1 aliphatic rings. The number of carbonyl (C=O) groups excluding carboxylic acids is 1. The van der Waals surface area contributed by atoms with Gasteiger partial charge in [0, 0.05) is 31.9 Å². The number of aliphatic imine (C=N–C) groups is 1. The van der Waals surface area contributed by atoms with Crippen molar-refractivity contribution in [2.45, 2.75) is 31.1 Å². The number of halogens is 2. The molecule has 0 aliphatic carbocycles. The molecule has 34 heavy (non-hydrogen) atoms. The number of hydrogen-bond donors (Lipinski definition) is 3. The fourth-order valence-electron chi connectivity index (χ4n) is 3.43. The van der Waals surface area contributed by atoms with Gasteiger partial charge in [0.1, 0.15) is 27.9 Å². The van der Waals surface area contributed by atoms with Crippen LogP contribution in [0.2, 0.25) is 0 Å². The quantitative estimate of drug-likeness (QED) is 0.304. The number of benzene rings is 1. The molecule has 1 saturated heterocycles. The van der Waals surface area contributed by atoms with Crippen molar-refractivity contribution in [3.05, 3.63) is 54.1 Å². The first-order chi connectivity index (χ1) is 15.7. The SMILES string of the molecule is C=C(/C=C\C(=N/C)C(=O)Nc1ccc(F)c([C@]2(C)CN(C)S(=O)(=O)C(C)(C)C(=N)N2)c1)OCF. The fourth-order valence-corrected chi connectivity index (χ4v) is 4.95. The molecular weight excluding hydrogens is 468 g/mol. The number of nitrogens with one attached hydrogen (secondary N) is 3. The Morgan fingerprint density at radius 3 is 2.62 bits per heavy atom. The van der Waals surface area contributed by atoms with Crippen LogP contribution in [0, 0.1) is 11.2 Å². The number of ether oxygens (including phenoxy) is 1. The molecule has 1 heterocycles. The van der Waals surface area contributed by atoms with E-state index in [0.717, 1.165) is 10.4 Å². The number of carbonyl (C=O) groups is 1. The van der Waals surface area contributed by atoms with E-state index in [2.05, 4.69) is 26.9 Å². The second-order valence-electron chi connectivity index (χ2n) is 8.41. The maximum atomic E-state index is 14.9. The maximum Gasteiger partial charge on any atom is 0.273 e. The molecule has 0 spiro atoms. The van der Waals surface area contributed by atoms with Crippen molar-refractivity contribution in [1.82, 2.24) is 9.62 Å². The van der Waals surface area contributed by atoms with Crippen LogP contribution in [0.15, 0.2) is 47.7 Å². The summed E-state index contributed by atoms with van der Waals surface area (Å²) in [5, 5.41) is 13.8. The molecule has 1 fully saturated rings. The maximum absolute atomic E-state index is 14.9. The van der Waals surface area contributed by atoms with Crippen LogP contribution in [0.5, 0.6) is 0 Å². The molecule has 12 heteroatoms. The largest absolute Gasteiger partial charge is 0.464 e. The van der Waals surface area contributed by atoms with E-state index < -0.39 is 38.9 Å². The summed E-state index contributed by atoms with van der Waals surface area (Å²) in [6, 6.07) is 3.85. The summed E-state index contributed by atoms with van der Waals surface area (Å²) in [6.07, 6.45) is 2.56. The lowest BCUT2D eigenvalue weighted by Gasteiger charge is -2.33. The monoisotopic (exact) mass is 497 g/mol. The smallest absolute Gasteiger partial charge is 0.273 e. The minimum Gasteiger partial charge on any atom is -0.464 e. The lowest BCUT2D eigenvalue weighted by atomic mass is 9.90. The van der Waals surface area contributed by atoms with E-state index in [1.165, 1.54) is 52.2 Å². The first kappa shape index (κ1) is 27.1. The first-order valence-electron chi connectivity index (χ1n) is 10.2. The van der Waals surface area contributed by atoms with E-state index in [1.807, 2.05) is 0 Å². The Kier molecular flexibility index (Phi) is 7.99. The molecule has 1 amide bonds. The zero-order valence-corrected chi connectivity index (χ0v) is 20.5. The van der Waals surface area contributed by atoms with Gasteiger partial charge in [-0.25, -0.2) is 21.5 Å². The Morgan fingerprint density at radius 2 is 2.03 bits per heavy atom. The van der Waals surface area contributed by atoms with Gasteiger partial charge in [-0.15, -0.1) is 0 Å². The number of alkyl halides is 1. The van der Waals surface area contributed by atoms with Gasteiger partial charge in [-0.2, -0.15) is 0 Å². The summed E-state index contributed by atoms with van der Waals surface area (Å²) < 4.78 is 57.0. The number of likely N-dealkylation sites (N-methyl/N-ethyl adjacent to an activating group) is 1. The van der Waals surface area contributed by atoms with Crippen LogP contribution >= 0.6 is 0 Å². The third kappa shape index (κ3) is 5.33. The van der Waals surface area contributed by atoms with E-state index in [0.29, 0.717) is 0 Å². The van der Waals surface area contributed by atoms with Crippen molar-refractivity contribution < 1.29 is 26.7 Å². The molecule has 1 aromatic carbocycles. The summed E-state index contributed by atoms with van der Waals surface area (Å²) >= 11 is 0. The predicted octanol–water partition coefficient (Wildman–Crippen LogP) is 2.68. The van der Waals surface area contributed by atoms with Crippen molar-refractivity contribution in [3.63, 3.8) is 0 Å². The van der Waals surface area contributed by atoms with E-state index >= 15 is 0 Å². The molecule has 1 atom stereocenters. The molecule has 186 valence electrons. The van der Waals surface area contributed by atoms with Crippen LogP contribution in [0.1, 0.15) is 26.3 Å². The molecule has 0 saturated carbocycles. The van der Waals surface area contributed by atoms with Crippen molar-refractivity contribution in [3.8, 4) is 0 Å². The molecule has 0 aromatic heterocycles. The summed E-state index contributed by atoms with van der Waals surface area (Å²) in [7, 11) is -1.13. The number of sulfonamides is 1. The predicted molar refractivity (Wildman–Crippen MR) is 128 cm³/mol. The topological polar surface area (TPSA) is 124 Å². The van der Waals surface area contributed by atoms with Gasteiger partial charge in [-0.1, -0.05) is 6.58 Å². The number of allylic oxidation sites excluding steroid dienone is 1. The molecule has 0 bridgehead atoms. The molecule has 1 aliphatic heterocycles. The molecular formula is C22H29F2N5O4S. The fraction of sp³-hybridized carbons (Fsp3) is 0.409. The van der Waals surface area contributed by atoms with Gasteiger partial charge >= 0.3 is 0 Å². The number of rotatable bonds is 7. The highest BCUT2D eigenvalue weighted by Crippen LogP contribution is 2.34. The summed E-state index contributed by atoms with van der Waals surface area (Å²) in [5.41, 5.74) is -1.05. The zero-order chi connectivity index (χ0) is 25.9. The Labute approximate surface area is 198 Å². The summed E-state index contributed by atoms with van der Waals surface area (Å²) in [6.45, 7) is 6.63. The lowest BCUT2D eigenvalue weighted by Crippen LogP contribution is -2.51. The third-order valence-electron chi connectivity index (χ3n) is 5.56. The average Bonchev–Trinajstić information content (AvgIpc) is 2.78. The Hall–Kier alpha value is -3.12. The minimum absolute atomic E-state index is 0.00248. The minimum atomic E-state index is -3.89. The van der Waals surface area contributed by atoms with Crippen LogP contribution in [-0.2, 0) is 25.1 Å². The third-order valence-corrected chi connectivity index (χ3v) is 8.00. The highest BCUT2D eigenvalue weighted by atomic mass is 32.2. The van der Waals surface area contributed by atoms with Gasteiger partial charge in [0.15, 0.2) is 0 Å². The van der Waals surface area contributed by atoms with Crippen LogP contribution in [0.25, 0.3) is 0 Å². The normalized spacial score (nSPS) is 22.7. The van der Waals surface area contributed by atoms with Crippen molar-refractivity contribution in [2.24, 2.45) is 4.99 Å². The van der Waals surface area contributed by atoms with Crippen LogP contribution < -0.4 is 10.6 Å². The molecule has 0 radical (unpaired) electrons. The van der Waals surface area contributed by atoms with E-state index in [1.54, 1.807) is 6.92 Å². The zero-order valence-electron chi connectivity index (χ0n) is 19.7. The van der Waals surface area contributed by atoms with Gasteiger partial charge in [-0.3, -0.25) is 15.2 Å². The summed E-state index contributed by atoms with van der Waals surface area (Å²) in [5.74, 6) is -1.56. The van der Waals surface area contributed by atoms with Crippen LogP contribution in [0.4, 0.5) is 14.5 Å². The van der Waals surface area contributed by atoms with Gasteiger partial charge in [0.25, 0.3) is 5.91 Å². The van der Waals surface area contributed by atoms with Gasteiger partial charge in [0.05, 0.1) is 5.54 Å². The van der Waals surface area contributed by atoms with Crippen molar-refractivity contribution in [2.75, 3.05) is 32.8 Å². The molecule has 1 aromatic rings. The lowest BCUT2D eigenvalue weighted by molar-refractivity contribution is -0.110. The molecule has 0 unspecified atom stereocenters. The van der Waals surface area contributed by atoms with Gasteiger partial charge in [-0.05, 0) is 51.1 Å². The second-order valence-corrected chi connectivity index (χ2v) is 11.0. The highest BCUT2D eigenvalue weighted by Gasteiger charge is 2.49. The number of amidine groups is 1. The summed E-state index contributed by atoms with van der Waals surface area (Å²) in [4.78, 5) is 16.5. The van der Waals surface area contributed by atoms with E-state index in [9.17, 15) is 22.0 Å². The van der Waals surface area contributed by atoms with Crippen LogP contribution in [0.3, 0.4) is 0 Å². The van der Waals surface area contributed by atoms with Crippen molar-refractivity contribution in [1.29, 1.82) is 5.41 Å². The highest BCUT2D eigenvalue weighted by molar-refractivity contribution is 7.91. The molecule has 3 N–H and O–H groups in total. The number of amides is 1. The van der Waals surface area contributed by atoms with E-state index in [-0.39, 0.29) is 35.1 Å². The number of nitrogens with zero attached hydrogens (tertiary/aromatic N) is 2. The second kappa shape index (κ2) is 10.0. The van der Waals surface area contributed by atoms with Gasteiger partial charge < -0.3 is 15.4 Å². The first-order valence-corrected chi connectivity index (χ1v) is 11.6. The molecule has 2 rings (SSSR count). The standard InChI is InChI=1S/C22H29F2N5O4S/c1-14(33-13-23)7-10-18(26-5)19(30)27-15-8-9-17(24)16(11-15)22(4)12-29(6)34(31,32)21(2,3)20(25)28-22/h7-11H,1,12-13H2,2-6H3,(H2,25,28)(H,27,30)/b10-7-,26-18+/t22-/m0/s1. The average molecular weight is 498 g/mol. The number of hydrogen-bond acceptors (Lipinski definition) is 6. The Bertz CT molecular complexity index is 1160. The Balaban J connectivity index is 2.39.